The van der Waals surface area contributed by atoms with Crippen LogP contribution in [-0.4, -0.2) is 15.9 Å². The normalized spacial score (nSPS) is 10.6. The molecule has 2 aromatic heterocycles. The van der Waals surface area contributed by atoms with Gasteiger partial charge in [-0.3, -0.25) is 14.8 Å². The van der Waals surface area contributed by atoms with Crippen molar-refractivity contribution in [2.75, 3.05) is 5.32 Å². The van der Waals surface area contributed by atoms with Crippen molar-refractivity contribution in [3.63, 3.8) is 0 Å². The number of hydrogen-bond acceptors (Lipinski definition) is 3. The lowest BCUT2D eigenvalue weighted by Gasteiger charge is -2.09. The number of carbonyl (C=O) groups is 1. The van der Waals surface area contributed by atoms with Crippen LogP contribution >= 0.6 is 0 Å². The van der Waals surface area contributed by atoms with Gasteiger partial charge in [-0.1, -0.05) is 11.6 Å². The van der Waals surface area contributed by atoms with Crippen LogP contribution in [0.1, 0.15) is 21.6 Å². The Balaban J connectivity index is 2.06. The molecule has 0 spiro atoms. The Hall–Kier alpha value is -2.75. The summed E-state index contributed by atoms with van der Waals surface area (Å²) in [6.45, 7) is 3.90. The summed E-state index contributed by atoms with van der Waals surface area (Å²) in [4.78, 5) is 20.9. The fourth-order valence-corrected chi connectivity index (χ4v) is 2.29. The number of benzene rings is 1. The van der Waals surface area contributed by atoms with Gasteiger partial charge in [0.1, 0.15) is 0 Å². The summed E-state index contributed by atoms with van der Waals surface area (Å²) in [6.07, 6.45) is 3.30. The van der Waals surface area contributed by atoms with Crippen molar-refractivity contribution in [1.29, 1.82) is 0 Å². The van der Waals surface area contributed by atoms with Gasteiger partial charge in [0.05, 0.1) is 11.1 Å². The Morgan fingerprint density at radius 3 is 2.57 bits per heavy atom. The number of pyridine rings is 2. The van der Waals surface area contributed by atoms with Gasteiger partial charge in [-0.15, -0.1) is 0 Å². The molecule has 0 aliphatic carbocycles. The number of aryl methyl sites for hydroxylation is 2. The first-order valence-electron chi connectivity index (χ1n) is 6.73. The maximum atomic E-state index is 12.5. The molecule has 1 aromatic carbocycles. The molecule has 0 fully saturated rings. The topological polar surface area (TPSA) is 54.9 Å². The minimum atomic E-state index is -0.137. The molecule has 4 heteroatoms. The van der Waals surface area contributed by atoms with E-state index in [1.54, 1.807) is 24.5 Å². The molecule has 0 saturated carbocycles. The number of aromatic nitrogens is 2. The lowest BCUT2D eigenvalue weighted by molar-refractivity contribution is 0.102. The Labute approximate surface area is 122 Å². The molecule has 1 amide bonds. The highest BCUT2D eigenvalue weighted by Gasteiger charge is 2.12. The zero-order valence-electron chi connectivity index (χ0n) is 11.9. The van der Waals surface area contributed by atoms with Crippen LogP contribution in [-0.2, 0) is 0 Å². The Morgan fingerprint density at radius 2 is 1.81 bits per heavy atom. The highest BCUT2D eigenvalue weighted by molar-refractivity contribution is 6.12. The molecule has 0 unspecified atom stereocenters. The van der Waals surface area contributed by atoms with Crippen molar-refractivity contribution < 1.29 is 4.79 Å². The molecule has 1 N–H and O–H groups in total. The van der Waals surface area contributed by atoms with Gasteiger partial charge >= 0.3 is 0 Å². The molecule has 0 bridgehead atoms. The number of fused-ring (bicyclic) bond motifs is 1. The van der Waals surface area contributed by atoms with Gasteiger partial charge in [0, 0.05) is 29.2 Å². The Kier molecular flexibility index (Phi) is 3.36. The number of nitrogens with zero attached hydrogens (tertiary/aromatic N) is 2. The molecular weight excluding hydrogens is 262 g/mol. The molecule has 0 radical (unpaired) electrons. The molecule has 0 aliphatic heterocycles. The van der Waals surface area contributed by atoms with Crippen LogP contribution < -0.4 is 5.32 Å². The maximum absolute atomic E-state index is 12.5. The van der Waals surface area contributed by atoms with E-state index in [0.717, 1.165) is 27.8 Å². The molecule has 3 rings (SSSR count). The van der Waals surface area contributed by atoms with E-state index in [1.807, 2.05) is 38.1 Å². The molecule has 0 aliphatic rings. The fourth-order valence-electron chi connectivity index (χ4n) is 2.29. The van der Waals surface area contributed by atoms with E-state index in [-0.39, 0.29) is 5.91 Å². The van der Waals surface area contributed by atoms with E-state index >= 15 is 0 Å². The van der Waals surface area contributed by atoms with Gasteiger partial charge in [-0.25, -0.2) is 0 Å². The first kappa shape index (κ1) is 13.2. The number of anilines is 1. The quantitative estimate of drug-likeness (QED) is 0.780. The minimum Gasteiger partial charge on any atom is -0.322 e. The molecule has 3 aromatic rings. The summed E-state index contributed by atoms with van der Waals surface area (Å²) in [5.41, 5.74) is 4.13. The van der Waals surface area contributed by atoms with E-state index < -0.39 is 0 Å². The third kappa shape index (κ3) is 2.74. The van der Waals surface area contributed by atoms with Crippen molar-refractivity contribution in [3.05, 3.63) is 65.6 Å². The summed E-state index contributed by atoms with van der Waals surface area (Å²) in [7, 11) is 0. The third-order valence-electron chi connectivity index (χ3n) is 3.28. The molecule has 4 nitrogen and oxygen atoms in total. The second kappa shape index (κ2) is 5.32. The van der Waals surface area contributed by atoms with Crippen molar-refractivity contribution >= 4 is 22.5 Å². The molecule has 0 atom stereocenters. The van der Waals surface area contributed by atoms with Crippen molar-refractivity contribution in [2.24, 2.45) is 0 Å². The highest BCUT2D eigenvalue weighted by Crippen LogP contribution is 2.21. The zero-order chi connectivity index (χ0) is 14.8. The molecule has 21 heavy (non-hydrogen) atoms. The second-order valence-corrected chi connectivity index (χ2v) is 5.02. The summed E-state index contributed by atoms with van der Waals surface area (Å²) < 4.78 is 0. The van der Waals surface area contributed by atoms with Gasteiger partial charge in [0.15, 0.2) is 0 Å². The third-order valence-corrected chi connectivity index (χ3v) is 3.28. The largest absolute Gasteiger partial charge is 0.322 e. The van der Waals surface area contributed by atoms with Crippen molar-refractivity contribution in [2.45, 2.75) is 13.8 Å². The van der Waals surface area contributed by atoms with Gasteiger partial charge in [0.25, 0.3) is 5.91 Å². The van der Waals surface area contributed by atoms with E-state index in [2.05, 4.69) is 15.3 Å². The van der Waals surface area contributed by atoms with E-state index in [1.165, 1.54) is 0 Å². The lowest BCUT2D eigenvalue weighted by Crippen LogP contribution is -2.13. The Bertz CT molecular complexity index is 813. The summed E-state index contributed by atoms with van der Waals surface area (Å²) in [5, 5.41) is 3.76. The first-order chi connectivity index (χ1) is 10.1. The maximum Gasteiger partial charge on any atom is 0.256 e. The van der Waals surface area contributed by atoms with Crippen LogP contribution in [0.3, 0.4) is 0 Å². The fraction of sp³-hybridized carbons (Fsp3) is 0.118. The zero-order valence-corrected chi connectivity index (χ0v) is 11.9. The molecular formula is C17H15N3O. The van der Waals surface area contributed by atoms with Gasteiger partial charge in [-0.05, 0) is 44.2 Å². The molecule has 2 heterocycles. The van der Waals surface area contributed by atoms with Crippen LogP contribution in [0.4, 0.5) is 5.69 Å². The second-order valence-electron chi connectivity index (χ2n) is 5.02. The van der Waals surface area contributed by atoms with Crippen LogP contribution in [0, 0.1) is 13.8 Å². The highest BCUT2D eigenvalue weighted by atomic mass is 16.1. The molecule has 104 valence electrons. The van der Waals surface area contributed by atoms with E-state index in [4.69, 9.17) is 0 Å². The number of amides is 1. The van der Waals surface area contributed by atoms with Crippen LogP contribution in [0.25, 0.3) is 10.9 Å². The van der Waals surface area contributed by atoms with Crippen LogP contribution in [0.2, 0.25) is 0 Å². The van der Waals surface area contributed by atoms with Crippen molar-refractivity contribution in [1.82, 2.24) is 9.97 Å². The van der Waals surface area contributed by atoms with E-state index in [0.29, 0.717) is 5.56 Å². The van der Waals surface area contributed by atoms with Gasteiger partial charge < -0.3 is 5.32 Å². The first-order valence-corrected chi connectivity index (χ1v) is 6.73. The standard InChI is InChI=1S/C17H15N3O/c1-11-3-4-16-14(9-11)15(10-12(2)19-16)17(21)20-13-5-7-18-8-6-13/h3-10H,1-2H3,(H,18,20,21). The number of nitrogens with one attached hydrogen (secondary N) is 1. The average Bonchev–Trinajstić information content (AvgIpc) is 2.48. The van der Waals surface area contributed by atoms with Gasteiger partial charge in [0.2, 0.25) is 0 Å². The van der Waals surface area contributed by atoms with Gasteiger partial charge in [-0.2, -0.15) is 0 Å². The number of rotatable bonds is 2. The van der Waals surface area contributed by atoms with Crippen molar-refractivity contribution in [3.8, 4) is 0 Å². The summed E-state index contributed by atoms with van der Waals surface area (Å²) in [6, 6.07) is 11.3. The summed E-state index contributed by atoms with van der Waals surface area (Å²) in [5.74, 6) is -0.137. The lowest BCUT2D eigenvalue weighted by atomic mass is 10.0. The number of hydrogen-bond donors (Lipinski definition) is 1. The predicted molar refractivity (Wildman–Crippen MR) is 83.4 cm³/mol. The SMILES string of the molecule is Cc1ccc2nc(C)cc(C(=O)Nc3ccncc3)c2c1. The van der Waals surface area contributed by atoms with Crippen LogP contribution in [0.5, 0.6) is 0 Å². The number of carbonyl (C=O) groups excluding carboxylic acids is 1. The molecule has 0 saturated heterocycles. The summed E-state index contributed by atoms with van der Waals surface area (Å²) >= 11 is 0. The Morgan fingerprint density at radius 1 is 1.05 bits per heavy atom. The smallest absolute Gasteiger partial charge is 0.256 e. The minimum absolute atomic E-state index is 0.137. The monoisotopic (exact) mass is 277 g/mol. The average molecular weight is 277 g/mol. The van der Waals surface area contributed by atoms with E-state index in [9.17, 15) is 4.79 Å². The predicted octanol–water partition coefficient (Wildman–Crippen LogP) is 3.50. The van der Waals surface area contributed by atoms with Crippen LogP contribution in [0.15, 0.2) is 48.8 Å².